The lowest BCUT2D eigenvalue weighted by Crippen LogP contribution is -2.25. The average Bonchev–Trinajstić information content (AvgIpc) is 2.32. The van der Waals surface area contributed by atoms with E-state index in [1.165, 1.54) is 27.3 Å². The third-order valence-corrected chi connectivity index (χ3v) is 4.00. The van der Waals surface area contributed by atoms with E-state index < -0.39 is 0 Å². The zero-order chi connectivity index (χ0) is 12.4. The van der Waals surface area contributed by atoms with E-state index in [1.54, 1.807) is 0 Å². The molecule has 2 heteroatoms. The Morgan fingerprint density at radius 2 is 2.00 bits per heavy atom. The van der Waals surface area contributed by atoms with Gasteiger partial charge >= 0.3 is 0 Å². The van der Waals surface area contributed by atoms with Gasteiger partial charge in [0.15, 0.2) is 0 Å². The lowest BCUT2D eigenvalue weighted by atomic mass is 9.89. The Morgan fingerprint density at radius 3 is 2.65 bits per heavy atom. The molecule has 0 aromatic heterocycles. The molecule has 1 aromatic carbocycles. The number of benzene rings is 1. The Labute approximate surface area is 109 Å². The molecule has 1 aliphatic carbocycles. The molecule has 0 heterocycles. The van der Waals surface area contributed by atoms with Crippen molar-refractivity contribution in [2.24, 2.45) is 0 Å². The highest BCUT2D eigenvalue weighted by molar-refractivity contribution is 7.98. The fourth-order valence-corrected chi connectivity index (χ4v) is 2.87. The Bertz CT molecular complexity index is 446. The zero-order valence-electron chi connectivity index (χ0n) is 11.1. The highest BCUT2D eigenvalue weighted by Gasteiger charge is 2.16. The molecule has 1 N–H and O–H groups in total. The zero-order valence-corrected chi connectivity index (χ0v) is 11.9. The fourth-order valence-electron chi connectivity index (χ4n) is 2.41. The summed E-state index contributed by atoms with van der Waals surface area (Å²) in [6.07, 6.45) is 4.45. The Balaban J connectivity index is 2.36. The summed E-state index contributed by atoms with van der Waals surface area (Å²) in [6.45, 7) is 6.64. The summed E-state index contributed by atoms with van der Waals surface area (Å²) in [5, 5.41) is 3.58. The summed E-state index contributed by atoms with van der Waals surface area (Å²) >= 11 is 1.82. The number of fused-ring (bicyclic) bond motifs is 1. The first kappa shape index (κ1) is 12.6. The standard InChI is InChI=1S/C15H21NS/c1-10(2)16-15-8-5-12-9-13(17-4)6-7-14(12)11(15)3/h6-7,9-10,16H,5,8H2,1-4H3. The molecule has 0 atom stereocenters. The minimum absolute atomic E-state index is 0.520. The average molecular weight is 247 g/mol. The van der Waals surface area contributed by atoms with Gasteiger partial charge in [-0.3, -0.25) is 0 Å². The van der Waals surface area contributed by atoms with Crippen LogP contribution in [0.5, 0.6) is 0 Å². The molecule has 0 radical (unpaired) electrons. The minimum Gasteiger partial charge on any atom is -0.386 e. The van der Waals surface area contributed by atoms with E-state index in [4.69, 9.17) is 0 Å². The predicted octanol–water partition coefficient (Wildman–Crippen LogP) is 4.08. The molecule has 0 fully saturated rings. The van der Waals surface area contributed by atoms with Crippen molar-refractivity contribution in [2.75, 3.05) is 6.26 Å². The quantitative estimate of drug-likeness (QED) is 0.808. The van der Waals surface area contributed by atoms with Gasteiger partial charge in [0.2, 0.25) is 0 Å². The van der Waals surface area contributed by atoms with Crippen LogP contribution in [0.15, 0.2) is 28.8 Å². The van der Waals surface area contributed by atoms with Crippen molar-refractivity contribution in [3.63, 3.8) is 0 Å². The molecule has 2 rings (SSSR count). The third-order valence-electron chi connectivity index (χ3n) is 3.28. The molecule has 92 valence electrons. The molecule has 1 nitrogen and oxygen atoms in total. The van der Waals surface area contributed by atoms with Crippen molar-refractivity contribution in [1.29, 1.82) is 0 Å². The van der Waals surface area contributed by atoms with E-state index in [0.717, 1.165) is 12.8 Å². The summed E-state index contributed by atoms with van der Waals surface area (Å²) in [4.78, 5) is 1.37. The van der Waals surface area contributed by atoms with E-state index >= 15 is 0 Å². The first-order valence-corrected chi connectivity index (χ1v) is 7.48. The van der Waals surface area contributed by atoms with Gasteiger partial charge in [-0.25, -0.2) is 0 Å². The van der Waals surface area contributed by atoms with Gasteiger partial charge in [0, 0.05) is 16.6 Å². The van der Waals surface area contributed by atoms with Crippen molar-refractivity contribution >= 4 is 17.3 Å². The van der Waals surface area contributed by atoms with Crippen molar-refractivity contribution in [2.45, 2.75) is 44.6 Å². The number of hydrogen-bond donors (Lipinski definition) is 1. The first-order chi connectivity index (χ1) is 8.11. The molecular weight excluding hydrogens is 226 g/mol. The Hall–Kier alpha value is -0.890. The number of allylic oxidation sites excluding steroid dienone is 2. The highest BCUT2D eigenvalue weighted by atomic mass is 32.2. The topological polar surface area (TPSA) is 12.0 Å². The van der Waals surface area contributed by atoms with E-state index in [0.29, 0.717) is 6.04 Å². The SMILES string of the molecule is CSc1ccc2c(c1)CCC(NC(C)C)=C2C. The Kier molecular flexibility index (Phi) is 3.82. The van der Waals surface area contributed by atoms with Gasteiger partial charge in [-0.2, -0.15) is 0 Å². The van der Waals surface area contributed by atoms with Crippen LogP contribution in [0.3, 0.4) is 0 Å². The van der Waals surface area contributed by atoms with Crippen molar-refractivity contribution in [3.05, 3.63) is 35.0 Å². The maximum atomic E-state index is 3.58. The van der Waals surface area contributed by atoms with Gasteiger partial charge < -0.3 is 5.32 Å². The molecule has 1 aliphatic rings. The molecule has 0 bridgehead atoms. The number of aryl methyl sites for hydroxylation is 1. The normalized spacial score (nSPS) is 15.1. The number of hydrogen-bond acceptors (Lipinski definition) is 2. The summed E-state index contributed by atoms with van der Waals surface area (Å²) in [5.41, 5.74) is 5.78. The maximum absolute atomic E-state index is 3.58. The molecule has 0 saturated carbocycles. The lowest BCUT2D eigenvalue weighted by Gasteiger charge is -2.24. The van der Waals surface area contributed by atoms with E-state index in [1.807, 2.05) is 11.8 Å². The molecule has 17 heavy (non-hydrogen) atoms. The van der Waals surface area contributed by atoms with Gasteiger partial charge in [0.1, 0.15) is 0 Å². The van der Waals surface area contributed by atoms with Gasteiger partial charge in [0.05, 0.1) is 0 Å². The molecular formula is C15H21NS. The van der Waals surface area contributed by atoms with E-state index in [-0.39, 0.29) is 0 Å². The van der Waals surface area contributed by atoms with Gasteiger partial charge in [-0.1, -0.05) is 6.07 Å². The van der Waals surface area contributed by atoms with Crippen LogP contribution in [0.25, 0.3) is 5.57 Å². The number of rotatable bonds is 3. The van der Waals surface area contributed by atoms with Crippen LogP contribution in [0, 0.1) is 0 Å². The number of thioether (sulfide) groups is 1. The summed E-state index contributed by atoms with van der Waals surface area (Å²) in [7, 11) is 0. The van der Waals surface area contributed by atoms with Crippen molar-refractivity contribution < 1.29 is 0 Å². The van der Waals surface area contributed by atoms with Crippen molar-refractivity contribution in [3.8, 4) is 0 Å². The van der Waals surface area contributed by atoms with E-state index in [9.17, 15) is 0 Å². The molecule has 0 saturated heterocycles. The fraction of sp³-hybridized carbons (Fsp3) is 0.467. The van der Waals surface area contributed by atoms with Crippen LogP contribution < -0.4 is 5.32 Å². The highest BCUT2D eigenvalue weighted by Crippen LogP contribution is 2.32. The lowest BCUT2D eigenvalue weighted by molar-refractivity contribution is 0.637. The molecule has 1 aromatic rings. The summed E-state index contributed by atoms with van der Waals surface area (Å²) in [5.74, 6) is 0. The summed E-state index contributed by atoms with van der Waals surface area (Å²) < 4.78 is 0. The molecule has 0 spiro atoms. The predicted molar refractivity (Wildman–Crippen MR) is 77.4 cm³/mol. The third kappa shape index (κ3) is 2.68. The van der Waals surface area contributed by atoms with Crippen LogP contribution in [0.2, 0.25) is 0 Å². The van der Waals surface area contributed by atoms with Gasteiger partial charge in [-0.15, -0.1) is 11.8 Å². The van der Waals surface area contributed by atoms with E-state index in [2.05, 4.69) is 50.5 Å². The van der Waals surface area contributed by atoms with Crippen molar-refractivity contribution in [1.82, 2.24) is 5.32 Å². The second-order valence-electron chi connectivity index (χ2n) is 4.93. The Morgan fingerprint density at radius 1 is 1.24 bits per heavy atom. The number of nitrogens with one attached hydrogen (secondary N) is 1. The van der Waals surface area contributed by atoms with Gasteiger partial charge in [-0.05, 0) is 68.7 Å². The maximum Gasteiger partial charge on any atom is 0.0201 e. The first-order valence-electron chi connectivity index (χ1n) is 6.25. The molecule has 0 unspecified atom stereocenters. The van der Waals surface area contributed by atoms with Gasteiger partial charge in [0.25, 0.3) is 0 Å². The largest absolute Gasteiger partial charge is 0.386 e. The smallest absolute Gasteiger partial charge is 0.0201 e. The minimum atomic E-state index is 0.520. The second kappa shape index (κ2) is 5.18. The monoisotopic (exact) mass is 247 g/mol. The van der Waals surface area contributed by atoms with Crippen LogP contribution in [0.4, 0.5) is 0 Å². The van der Waals surface area contributed by atoms with Crippen LogP contribution >= 0.6 is 11.8 Å². The van der Waals surface area contributed by atoms with Crippen LogP contribution in [-0.4, -0.2) is 12.3 Å². The second-order valence-corrected chi connectivity index (χ2v) is 5.81. The van der Waals surface area contributed by atoms with Crippen LogP contribution in [0.1, 0.15) is 38.3 Å². The summed E-state index contributed by atoms with van der Waals surface area (Å²) in [6, 6.07) is 7.37. The van der Waals surface area contributed by atoms with Crippen LogP contribution in [-0.2, 0) is 6.42 Å². The molecule has 0 amide bonds. The molecule has 0 aliphatic heterocycles.